The monoisotopic (exact) mass is 169 g/mol. The summed E-state index contributed by atoms with van der Waals surface area (Å²) >= 11 is 0. The van der Waals surface area contributed by atoms with Crippen LogP contribution < -0.4 is 5.73 Å². The Balaban J connectivity index is 3.00. The fourth-order valence-electron chi connectivity index (χ4n) is 1.02. The zero-order valence-electron chi connectivity index (χ0n) is 7.88. The SMILES string of the molecule is CC/C=C/CCCCCC(N)=O. The molecular formula is C10H19NO. The van der Waals surface area contributed by atoms with Crippen molar-refractivity contribution in [2.75, 3.05) is 0 Å². The summed E-state index contributed by atoms with van der Waals surface area (Å²) in [6.07, 6.45) is 10.4. The summed E-state index contributed by atoms with van der Waals surface area (Å²) in [6, 6.07) is 0. The predicted molar refractivity (Wildman–Crippen MR) is 51.7 cm³/mol. The summed E-state index contributed by atoms with van der Waals surface area (Å²) in [5.74, 6) is -0.181. The van der Waals surface area contributed by atoms with Gasteiger partial charge in [-0.2, -0.15) is 0 Å². The van der Waals surface area contributed by atoms with E-state index in [0.717, 1.165) is 25.7 Å². The molecule has 0 saturated heterocycles. The minimum atomic E-state index is -0.181. The Hall–Kier alpha value is -0.790. The summed E-state index contributed by atoms with van der Waals surface area (Å²) in [5.41, 5.74) is 5.00. The van der Waals surface area contributed by atoms with E-state index in [1.165, 1.54) is 6.42 Å². The maximum absolute atomic E-state index is 10.3. The van der Waals surface area contributed by atoms with E-state index in [1.54, 1.807) is 0 Å². The van der Waals surface area contributed by atoms with Crippen LogP contribution >= 0.6 is 0 Å². The number of hydrogen-bond acceptors (Lipinski definition) is 1. The molecule has 0 radical (unpaired) electrons. The fraction of sp³-hybridized carbons (Fsp3) is 0.700. The topological polar surface area (TPSA) is 43.1 Å². The average Bonchev–Trinajstić information content (AvgIpc) is 2.02. The second-order valence-electron chi connectivity index (χ2n) is 2.95. The standard InChI is InChI=1S/C10H19NO/c1-2-3-4-5-6-7-8-9-10(11)12/h3-4H,2,5-9H2,1H3,(H2,11,12)/b4-3+. The lowest BCUT2D eigenvalue weighted by Crippen LogP contribution is -2.09. The van der Waals surface area contributed by atoms with Crippen LogP contribution in [0.3, 0.4) is 0 Å². The van der Waals surface area contributed by atoms with Crippen molar-refractivity contribution in [3.63, 3.8) is 0 Å². The maximum atomic E-state index is 10.3. The van der Waals surface area contributed by atoms with Gasteiger partial charge in [0, 0.05) is 6.42 Å². The first-order chi connectivity index (χ1) is 5.77. The van der Waals surface area contributed by atoms with Crippen LogP contribution in [0.4, 0.5) is 0 Å². The molecule has 0 rings (SSSR count). The van der Waals surface area contributed by atoms with Crippen molar-refractivity contribution in [2.24, 2.45) is 5.73 Å². The first kappa shape index (κ1) is 11.2. The molecule has 0 aliphatic heterocycles. The summed E-state index contributed by atoms with van der Waals surface area (Å²) in [6.45, 7) is 2.13. The number of unbranched alkanes of at least 4 members (excludes halogenated alkanes) is 3. The van der Waals surface area contributed by atoms with Gasteiger partial charge in [0.15, 0.2) is 0 Å². The maximum Gasteiger partial charge on any atom is 0.217 e. The molecule has 0 fully saturated rings. The highest BCUT2D eigenvalue weighted by Gasteiger charge is 1.92. The third kappa shape index (κ3) is 9.21. The highest BCUT2D eigenvalue weighted by atomic mass is 16.1. The van der Waals surface area contributed by atoms with E-state index in [1.807, 2.05) is 0 Å². The van der Waals surface area contributed by atoms with Crippen molar-refractivity contribution in [2.45, 2.75) is 45.4 Å². The Kier molecular flexibility index (Phi) is 7.76. The summed E-state index contributed by atoms with van der Waals surface area (Å²) in [5, 5.41) is 0. The predicted octanol–water partition coefficient (Wildman–Crippen LogP) is 2.39. The molecule has 0 aliphatic rings. The Morgan fingerprint density at radius 1 is 1.25 bits per heavy atom. The molecule has 0 atom stereocenters. The van der Waals surface area contributed by atoms with Crippen molar-refractivity contribution >= 4 is 5.91 Å². The van der Waals surface area contributed by atoms with E-state index < -0.39 is 0 Å². The summed E-state index contributed by atoms with van der Waals surface area (Å²) < 4.78 is 0. The lowest BCUT2D eigenvalue weighted by Gasteiger charge is -1.95. The van der Waals surface area contributed by atoms with Crippen molar-refractivity contribution in [3.8, 4) is 0 Å². The average molecular weight is 169 g/mol. The minimum absolute atomic E-state index is 0.181. The van der Waals surface area contributed by atoms with Gasteiger partial charge in [-0.05, 0) is 25.7 Å². The highest BCUT2D eigenvalue weighted by molar-refractivity contribution is 5.73. The van der Waals surface area contributed by atoms with Crippen molar-refractivity contribution < 1.29 is 4.79 Å². The smallest absolute Gasteiger partial charge is 0.217 e. The van der Waals surface area contributed by atoms with Crippen molar-refractivity contribution in [3.05, 3.63) is 12.2 Å². The molecule has 0 aromatic heterocycles. The van der Waals surface area contributed by atoms with E-state index >= 15 is 0 Å². The molecule has 2 nitrogen and oxygen atoms in total. The number of carbonyl (C=O) groups is 1. The first-order valence-corrected chi connectivity index (χ1v) is 4.70. The zero-order chi connectivity index (χ0) is 9.23. The second-order valence-corrected chi connectivity index (χ2v) is 2.95. The number of nitrogens with two attached hydrogens (primary N) is 1. The zero-order valence-corrected chi connectivity index (χ0v) is 7.88. The Labute approximate surface area is 74.8 Å². The van der Waals surface area contributed by atoms with E-state index in [4.69, 9.17) is 5.73 Å². The van der Waals surface area contributed by atoms with E-state index in [-0.39, 0.29) is 5.91 Å². The minimum Gasteiger partial charge on any atom is -0.370 e. The number of allylic oxidation sites excluding steroid dienone is 2. The Bertz CT molecular complexity index is 141. The van der Waals surface area contributed by atoms with Crippen LogP contribution in [0.25, 0.3) is 0 Å². The summed E-state index contributed by atoms with van der Waals surface area (Å²) in [4.78, 5) is 10.3. The Morgan fingerprint density at radius 3 is 2.58 bits per heavy atom. The molecule has 12 heavy (non-hydrogen) atoms. The molecule has 0 saturated carbocycles. The number of rotatable bonds is 7. The molecule has 0 bridgehead atoms. The molecule has 70 valence electrons. The normalized spacial score (nSPS) is 10.8. The molecule has 2 N–H and O–H groups in total. The van der Waals surface area contributed by atoms with Crippen LogP contribution in [-0.4, -0.2) is 5.91 Å². The lowest BCUT2D eigenvalue weighted by atomic mass is 10.1. The number of primary amides is 1. The largest absolute Gasteiger partial charge is 0.370 e. The molecule has 0 heterocycles. The van der Waals surface area contributed by atoms with Gasteiger partial charge in [0.05, 0.1) is 0 Å². The molecule has 0 aliphatic carbocycles. The molecule has 0 unspecified atom stereocenters. The van der Waals surface area contributed by atoms with Gasteiger partial charge in [-0.1, -0.05) is 25.5 Å². The van der Waals surface area contributed by atoms with Gasteiger partial charge in [-0.3, -0.25) is 4.79 Å². The third-order valence-corrected chi connectivity index (χ3v) is 1.70. The van der Waals surface area contributed by atoms with Gasteiger partial charge in [0.2, 0.25) is 5.91 Å². The van der Waals surface area contributed by atoms with Crippen LogP contribution in [0.2, 0.25) is 0 Å². The van der Waals surface area contributed by atoms with Gasteiger partial charge in [0.1, 0.15) is 0 Å². The van der Waals surface area contributed by atoms with Crippen molar-refractivity contribution in [1.82, 2.24) is 0 Å². The van der Waals surface area contributed by atoms with Crippen LogP contribution in [0, 0.1) is 0 Å². The second kappa shape index (κ2) is 8.31. The molecule has 2 heteroatoms. The quantitative estimate of drug-likeness (QED) is 0.461. The van der Waals surface area contributed by atoms with E-state index in [9.17, 15) is 4.79 Å². The van der Waals surface area contributed by atoms with Crippen LogP contribution in [0.15, 0.2) is 12.2 Å². The molecule has 0 aromatic carbocycles. The van der Waals surface area contributed by atoms with Crippen LogP contribution in [0.1, 0.15) is 45.4 Å². The fourth-order valence-corrected chi connectivity index (χ4v) is 1.02. The number of amides is 1. The van der Waals surface area contributed by atoms with E-state index in [0.29, 0.717) is 6.42 Å². The highest BCUT2D eigenvalue weighted by Crippen LogP contribution is 2.03. The lowest BCUT2D eigenvalue weighted by molar-refractivity contribution is -0.118. The number of carbonyl (C=O) groups excluding carboxylic acids is 1. The van der Waals surface area contributed by atoms with E-state index in [2.05, 4.69) is 19.1 Å². The Morgan fingerprint density at radius 2 is 2.00 bits per heavy atom. The number of hydrogen-bond donors (Lipinski definition) is 1. The van der Waals surface area contributed by atoms with Crippen LogP contribution in [-0.2, 0) is 4.79 Å². The van der Waals surface area contributed by atoms with Gasteiger partial charge in [-0.25, -0.2) is 0 Å². The van der Waals surface area contributed by atoms with Gasteiger partial charge < -0.3 is 5.73 Å². The summed E-state index contributed by atoms with van der Waals surface area (Å²) in [7, 11) is 0. The van der Waals surface area contributed by atoms with Gasteiger partial charge in [0.25, 0.3) is 0 Å². The molecule has 0 aromatic rings. The third-order valence-electron chi connectivity index (χ3n) is 1.70. The van der Waals surface area contributed by atoms with Gasteiger partial charge in [-0.15, -0.1) is 0 Å². The van der Waals surface area contributed by atoms with Gasteiger partial charge >= 0.3 is 0 Å². The molecule has 1 amide bonds. The van der Waals surface area contributed by atoms with Crippen molar-refractivity contribution in [1.29, 1.82) is 0 Å². The molecular weight excluding hydrogens is 150 g/mol. The van der Waals surface area contributed by atoms with Crippen LogP contribution in [0.5, 0.6) is 0 Å². The molecule has 0 spiro atoms. The first-order valence-electron chi connectivity index (χ1n) is 4.70.